The summed E-state index contributed by atoms with van der Waals surface area (Å²) in [5, 5.41) is 12.2. The second-order valence-electron chi connectivity index (χ2n) is 4.03. The van der Waals surface area contributed by atoms with Crippen LogP contribution in [0.25, 0.3) is 0 Å². The Kier molecular flexibility index (Phi) is 3.81. The molecule has 7 heteroatoms. The third-order valence-electron chi connectivity index (χ3n) is 2.35. The fourth-order valence-corrected chi connectivity index (χ4v) is 2.53. The van der Waals surface area contributed by atoms with Crippen LogP contribution >= 0.6 is 11.8 Å². The zero-order chi connectivity index (χ0) is 13.1. The highest BCUT2D eigenvalue weighted by atomic mass is 32.2. The number of anilines is 1. The first-order valence-corrected chi connectivity index (χ1v) is 6.44. The molecule has 0 atom stereocenters. The van der Waals surface area contributed by atoms with Gasteiger partial charge in [0, 0.05) is 19.5 Å². The van der Waals surface area contributed by atoms with E-state index in [-0.39, 0.29) is 0 Å². The Morgan fingerprint density at radius 2 is 2.06 bits per heavy atom. The van der Waals surface area contributed by atoms with Crippen LogP contribution in [0.5, 0.6) is 0 Å². The standard InChI is InChI=1S/C11H15N5OS/c1-6(2)8-9(12-4)13-5-14-10(8)18-11-16-15-7(3)17-11/h5-6H,1-4H3,(H,12,13,14). The summed E-state index contributed by atoms with van der Waals surface area (Å²) < 4.78 is 5.36. The van der Waals surface area contributed by atoms with E-state index in [2.05, 4.69) is 39.3 Å². The van der Waals surface area contributed by atoms with Gasteiger partial charge in [-0.05, 0) is 17.7 Å². The lowest BCUT2D eigenvalue weighted by molar-refractivity contribution is 0.429. The highest BCUT2D eigenvalue weighted by Crippen LogP contribution is 2.34. The van der Waals surface area contributed by atoms with Gasteiger partial charge in [-0.15, -0.1) is 10.2 Å². The van der Waals surface area contributed by atoms with Crippen LogP contribution in [-0.4, -0.2) is 27.2 Å². The molecule has 0 saturated carbocycles. The first kappa shape index (κ1) is 12.8. The van der Waals surface area contributed by atoms with E-state index in [9.17, 15) is 0 Å². The van der Waals surface area contributed by atoms with Crippen LogP contribution in [0.2, 0.25) is 0 Å². The summed E-state index contributed by atoms with van der Waals surface area (Å²) in [6.07, 6.45) is 1.53. The van der Waals surface area contributed by atoms with Gasteiger partial charge in [-0.1, -0.05) is 13.8 Å². The van der Waals surface area contributed by atoms with Crippen LogP contribution in [0.1, 0.15) is 31.2 Å². The average Bonchev–Trinajstić information content (AvgIpc) is 2.74. The van der Waals surface area contributed by atoms with E-state index < -0.39 is 0 Å². The summed E-state index contributed by atoms with van der Waals surface area (Å²) in [4.78, 5) is 8.52. The Balaban J connectivity index is 2.37. The molecule has 0 amide bonds. The summed E-state index contributed by atoms with van der Waals surface area (Å²) in [5.41, 5.74) is 1.06. The van der Waals surface area contributed by atoms with E-state index in [1.54, 1.807) is 6.92 Å². The summed E-state index contributed by atoms with van der Waals surface area (Å²) in [5.74, 6) is 1.69. The Morgan fingerprint density at radius 1 is 1.28 bits per heavy atom. The van der Waals surface area contributed by atoms with Crippen LogP contribution in [0.4, 0.5) is 5.82 Å². The van der Waals surface area contributed by atoms with Crippen molar-refractivity contribution in [2.24, 2.45) is 0 Å². The molecule has 0 fully saturated rings. The van der Waals surface area contributed by atoms with Crippen molar-refractivity contribution in [1.82, 2.24) is 20.2 Å². The number of aryl methyl sites for hydroxylation is 1. The molecule has 0 unspecified atom stereocenters. The van der Waals surface area contributed by atoms with Crippen molar-refractivity contribution in [2.75, 3.05) is 12.4 Å². The number of rotatable bonds is 4. The Morgan fingerprint density at radius 3 is 2.61 bits per heavy atom. The molecule has 2 aromatic rings. The van der Waals surface area contributed by atoms with Gasteiger partial charge in [-0.25, -0.2) is 9.97 Å². The Hall–Kier alpha value is -1.63. The molecule has 0 spiro atoms. The van der Waals surface area contributed by atoms with Gasteiger partial charge in [0.25, 0.3) is 5.22 Å². The van der Waals surface area contributed by atoms with Crippen LogP contribution < -0.4 is 5.32 Å². The van der Waals surface area contributed by atoms with Crippen molar-refractivity contribution in [2.45, 2.75) is 36.9 Å². The summed E-state index contributed by atoms with van der Waals surface area (Å²) in [6.45, 7) is 5.96. The third-order valence-corrected chi connectivity index (χ3v) is 3.21. The maximum absolute atomic E-state index is 5.36. The van der Waals surface area contributed by atoms with Gasteiger partial charge in [0.2, 0.25) is 5.89 Å². The molecule has 0 aliphatic heterocycles. The molecule has 96 valence electrons. The second-order valence-corrected chi connectivity index (χ2v) is 4.97. The van der Waals surface area contributed by atoms with Crippen LogP contribution in [0, 0.1) is 6.92 Å². The van der Waals surface area contributed by atoms with E-state index in [4.69, 9.17) is 4.42 Å². The van der Waals surface area contributed by atoms with Gasteiger partial charge in [-0.3, -0.25) is 0 Å². The minimum Gasteiger partial charge on any atom is -0.416 e. The highest BCUT2D eigenvalue weighted by molar-refractivity contribution is 7.99. The minimum absolute atomic E-state index is 0.306. The van der Waals surface area contributed by atoms with Crippen molar-refractivity contribution in [3.63, 3.8) is 0 Å². The first-order chi connectivity index (χ1) is 8.61. The topological polar surface area (TPSA) is 76.7 Å². The lowest BCUT2D eigenvalue weighted by atomic mass is 10.1. The molecule has 2 heterocycles. The fourth-order valence-electron chi connectivity index (χ4n) is 1.58. The minimum atomic E-state index is 0.306. The second kappa shape index (κ2) is 5.34. The van der Waals surface area contributed by atoms with E-state index in [1.165, 1.54) is 18.1 Å². The molecule has 0 aromatic carbocycles. The van der Waals surface area contributed by atoms with Crippen LogP contribution in [0.15, 0.2) is 21.0 Å². The van der Waals surface area contributed by atoms with Crippen LogP contribution in [0.3, 0.4) is 0 Å². The molecule has 0 saturated heterocycles. The van der Waals surface area contributed by atoms with Gasteiger partial charge in [0.1, 0.15) is 17.2 Å². The molecule has 2 aromatic heterocycles. The number of hydrogen-bond donors (Lipinski definition) is 1. The predicted molar refractivity (Wildman–Crippen MR) is 68.8 cm³/mol. The monoisotopic (exact) mass is 265 g/mol. The summed E-state index contributed by atoms with van der Waals surface area (Å²) in [6, 6.07) is 0. The van der Waals surface area contributed by atoms with Crippen molar-refractivity contribution in [1.29, 1.82) is 0 Å². The zero-order valence-electron chi connectivity index (χ0n) is 10.8. The van der Waals surface area contributed by atoms with E-state index in [1.807, 2.05) is 7.05 Å². The normalized spacial score (nSPS) is 10.9. The average molecular weight is 265 g/mol. The first-order valence-electron chi connectivity index (χ1n) is 5.62. The Labute approximate surface area is 110 Å². The van der Waals surface area contributed by atoms with Crippen molar-refractivity contribution >= 4 is 17.6 Å². The molecular formula is C11H15N5OS. The lowest BCUT2D eigenvalue weighted by Crippen LogP contribution is -2.03. The molecule has 1 N–H and O–H groups in total. The summed E-state index contributed by atoms with van der Waals surface area (Å²) >= 11 is 1.36. The predicted octanol–water partition coefficient (Wildman–Crippen LogP) is 2.48. The van der Waals surface area contributed by atoms with E-state index >= 15 is 0 Å². The zero-order valence-corrected chi connectivity index (χ0v) is 11.6. The highest BCUT2D eigenvalue weighted by Gasteiger charge is 2.17. The molecule has 0 radical (unpaired) electrons. The van der Waals surface area contributed by atoms with Crippen molar-refractivity contribution in [3.8, 4) is 0 Å². The maximum Gasteiger partial charge on any atom is 0.282 e. The largest absolute Gasteiger partial charge is 0.416 e. The van der Waals surface area contributed by atoms with Gasteiger partial charge in [0.05, 0.1) is 0 Å². The van der Waals surface area contributed by atoms with Gasteiger partial charge >= 0.3 is 0 Å². The molecule has 0 bridgehead atoms. The smallest absolute Gasteiger partial charge is 0.282 e. The quantitative estimate of drug-likeness (QED) is 0.851. The van der Waals surface area contributed by atoms with Gasteiger partial charge in [-0.2, -0.15) is 0 Å². The Bertz CT molecular complexity index is 540. The molecular weight excluding hydrogens is 250 g/mol. The summed E-state index contributed by atoms with van der Waals surface area (Å²) in [7, 11) is 1.85. The van der Waals surface area contributed by atoms with Gasteiger partial charge < -0.3 is 9.73 Å². The number of nitrogens with one attached hydrogen (secondary N) is 1. The van der Waals surface area contributed by atoms with Gasteiger partial charge in [0.15, 0.2) is 0 Å². The van der Waals surface area contributed by atoms with Crippen molar-refractivity contribution < 1.29 is 4.42 Å². The van der Waals surface area contributed by atoms with E-state index in [0.717, 1.165) is 16.4 Å². The van der Waals surface area contributed by atoms with E-state index in [0.29, 0.717) is 17.0 Å². The SMILES string of the molecule is CNc1ncnc(Sc2nnc(C)o2)c1C(C)C. The fraction of sp³-hybridized carbons (Fsp3) is 0.455. The molecule has 0 aliphatic carbocycles. The molecule has 18 heavy (non-hydrogen) atoms. The third kappa shape index (κ3) is 2.61. The molecule has 2 rings (SSSR count). The molecule has 0 aliphatic rings. The molecule has 6 nitrogen and oxygen atoms in total. The number of nitrogens with zero attached hydrogens (tertiary/aromatic N) is 4. The maximum atomic E-state index is 5.36. The number of aromatic nitrogens is 4. The van der Waals surface area contributed by atoms with Crippen LogP contribution in [-0.2, 0) is 0 Å². The number of hydrogen-bond acceptors (Lipinski definition) is 7. The van der Waals surface area contributed by atoms with Crippen molar-refractivity contribution in [3.05, 3.63) is 17.8 Å². The lowest BCUT2D eigenvalue weighted by Gasteiger charge is -2.13.